The highest BCUT2D eigenvalue weighted by Crippen LogP contribution is 2.29. The predicted octanol–water partition coefficient (Wildman–Crippen LogP) is 2.98. The van der Waals surface area contributed by atoms with Crippen LogP contribution in [-0.2, 0) is 9.59 Å². The number of carbonyl (C=O) groups excluding carboxylic acids is 2. The zero-order valence-corrected chi connectivity index (χ0v) is 19.2. The van der Waals surface area contributed by atoms with Gasteiger partial charge in [0.1, 0.15) is 0 Å². The van der Waals surface area contributed by atoms with Crippen molar-refractivity contribution in [3.63, 3.8) is 0 Å². The van der Waals surface area contributed by atoms with Crippen molar-refractivity contribution >= 4 is 23.2 Å². The molecule has 0 saturated carbocycles. The number of nitrogens with one attached hydrogen (secondary N) is 1. The number of para-hydroxylation sites is 1. The minimum Gasteiger partial charge on any atom is -0.369 e. The highest BCUT2D eigenvalue weighted by Gasteiger charge is 2.35. The van der Waals surface area contributed by atoms with Gasteiger partial charge in [-0.1, -0.05) is 30.3 Å². The van der Waals surface area contributed by atoms with Crippen LogP contribution >= 0.6 is 0 Å². The van der Waals surface area contributed by atoms with Gasteiger partial charge < -0.3 is 15.1 Å². The molecule has 32 heavy (non-hydrogen) atoms. The Balaban J connectivity index is 1.17. The van der Waals surface area contributed by atoms with E-state index < -0.39 is 0 Å². The fourth-order valence-corrected chi connectivity index (χ4v) is 4.67. The van der Waals surface area contributed by atoms with E-state index in [4.69, 9.17) is 0 Å². The van der Waals surface area contributed by atoms with E-state index in [2.05, 4.69) is 45.4 Å². The summed E-state index contributed by atoms with van der Waals surface area (Å²) in [6, 6.07) is 16.5. The Morgan fingerprint density at radius 1 is 1.00 bits per heavy atom. The van der Waals surface area contributed by atoms with E-state index in [1.54, 1.807) is 4.90 Å². The molecule has 2 fully saturated rings. The molecule has 0 bridgehead atoms. The van der Waals surface area contributed by atoms with E-state index in [0.717, 1.165) is 56.0 Å². The number of hydrogen-bond acceptors (Lipinski definition) is 4. The van der Waals surface area contributed by atoms with Crippen LogP contribution < -0.4 is 15.1 Å². The zero-order valence-electron chi connectivity index (χ0n) is 19.2. The van der Waals surface area contributed by atoms with Crippen molar-refractivity contribution in [2.45, 2.75) is 26.7 Å². The van der Waals surface area contributed by atoms with Gasteiger partial charge in [-0.3, -0.25) is 14.5 Å². The lowest BCUT2D eigenvalue weighted by molar-refractivity contribution is -0.126. The molecule has 2 aromatic rings. The van der Waals surface area contributed by atoms with Gasteiger partial charge in [0.05, 0.1) is 5.92 Å². The predicted molar refractivity (Wildman–Crippen MR) is 129 cm³/mol. The summed E-state index contributed by atoms with van der Waals surface area (Å²) in [4.78, 5) is 31.9. The first-order chi connectivity index (χ1) is 15.5. The molecule has 1 N–H and O–H groups in total. The van der Waals surface area contributed by atoms with E-state index in [1.165, 1.54) is 5.69 Å². The van der Waals surface area contributed by atoms with Gasteiger partial charge >= 0.3 is 0 Å². The van der Waals surface area contributed by atoms with Crippen LogP contribution in [0.3, 0.4) is 0 Å². The summed E-state index contributed by atoms with van der Waals surface area (Å²) < 4.78 is 0. The summed E-state index contributed by atoms with van der Waals surface area (Å²) in [5.41, 5.74) is 4.49. The highest BCUT2D eigenvalue weighted by molar-refractivity contribution is 6.00. The minimum absolute atomic E-state index is 0.0000491. The van der Waals surface area contributed by atoms with E-state index in [-0.39, 0.29) is 17.7 Å². The lowest BCUT2D eigenvalue weighted by Gasteiger charge is -2.36. The fraction of sp³-hybridized carbons (Fsp3) is 0.462. The van der Waals surface area contributed by atoms with Crippen molar-refractivity contribution in [2.75, 3.05) is 55.6 Å². The summed E-state index contributed by atoms with van der Waals surface area (Å²) in [6.07, 6.45) is 1.22. The quantitative estimate of drug-likeness (QED) is 0.681. The number of amides is 2. The van der Waals surface area contributed by atoms with Crippen molar-refractivity contribution in [3.05, 3.63) is 59.7 Å². The van der Waals surface area contributed by atoms with E-state index in [9.17, 15) is 9.59 Å². The molecule has 2 heterocycles. The molecule has 0 aromatic heterocycles. The molecule has 0 spiro atoms. The van der Waals surface area contributed by atoms with Crippen molar-refractivity contribution in [1.29, 1.82) is 0 Å². The zero-order chi connectivity index (χ0) is 22.5. The number of rotatable bonds is 7. The second kappa shape index (κ2) is 10.2. The van der Waals surface area contributed by atoms with E-state index in [0.29, 0.717) is 19.5 Å². The standard InChI is InChI=1S/C26H34N4O2/c1-20-8-6-11-24(21(20)2)30-19-22(18-25(30)31)26(32)27-12-7-13-28-14-16-29(17-15-28)23-9-4-3-5-10-23/h3-6,8-11,22H,7,12-19H2,1-2H3,(H,27,32)/t22-/m1/s1. The lowest BCUT2D eigenvalue weighted by Crippen LogP contribution is -2.47. The van der Waals surface area contributed by atoms with Crippen molar-refractivity contribution in [2.24, 2.45) is 5.92 Å². The van der Waals surface area contributed by atoms with Gasteiger partial charge in [0.25, 0.3) is 0 Å². The fourth-order valence-electron chi connectivity index (χ4n) is 4.67. The normalized spacial score (nSPS) is 19.4. The largest absolute Gasteiger partial charge is 0.369 e. The third kappa shape index (κ3) is 5.13. The average molecular weight is 435 g/mol. The average Bonchev–Trinajstić information content (AvgIpc) is 3.21. The molecular weight excluding hydrogens is 400 g/mol. The van der Waals surface area contributed by atoms with Crippen LogP contribution in [-0.4, -0.2) is 62.5 Å². The molecule has 0 radical (unpaired) electrons. The van der Waals surface area contributed by atoms with Gasteiger partial charge in [0.15, 0.2) is 0 Å². The van der Waals surface area contributed by atoms with Gasteiger partial charge in [-0.2, -0.15) is 0 Å². The third-order valence-corrected chi connectivity index (χ3v) is 6.81. The molecule has 2 aliphatic rings. The summed E-state index contributed by atoms with van der Waals surface area (Å²) >= 11 is 0. The van der Waals surface area contributed by atoms with Crippen molar-refractivity contribution < 1.29 is 9.59 Å². The maximum atomic E-state index is 12.7. The third-order valence-electron chi connectivity index (χ3n) is 6.81. The smallest absolute Gasteiger partial charge is 0.227 e. The van der Waals surface area contributed by atoms with Crippen LogP contribution in [0.5, 0.6) is 0 Å². The maximum Gasteiger partial charge on any atom is 0.227 e. The molecule has 2 saturated heterocycles. The summed E-state index contributed by atoms with van der Waals surface area (Å²) in [5, 5.41) is 3.06. The number of aryl methyl sites for hydroxylation is 1. The molecule has 6 nitrogen and oxygen atoms in total. The summed E-state index contributed by atoms with van der Waals surface area (Å²) in [6.45, 7) is 10.4. The van der Waals surface area contributed by atoms with E-state index >= 15 is 0 Å². The van der Waals surface area contributed by atoms with Crippen LogP contribution in [0, 0.1) is 19.8 Å². The molecule has 2 aromatic carbocycles. The molecule has 1 atom stereocenters. The Morgan fingerprint density at radius 3 is 2.50 bits per heavy atom. The first-order valence-electron chi connectivity index (χ1n) is 11.7. The molecule has 0 aliphatic carbocycles. The van der Waals surface area contributed by atoms with Crippen molar-refractivity contribution in [3.8, 4) is 0 Å². The van der Waals surface area contributed by atoms with Gasteiger partial charge in [-0.15, -0.1) is 0 Å². The van der Waals surface area contributed by atoms with Gasteiger partial charge in [-0.05, 0) is 56.1 Å². The van der Waals surface area contributed by atoms with E-state index in [1.807, 2.05) is 32.0 Å². The molecule has 2 amide bonds. The first kappa shape index (κ1) is 22.3. The Hall–Kier alpha value is -2.86. The molecule has 0 unspecified atom stereocenters. The Morgan fingerprint density at radius 2 is 1.75 bits per heavy atom. The molecule has 6 heteroatoms. The van der Waals surface area contributed by atoms with Gasteiger partial charge in [0.2, 0.25) is 11.8 Å². The number of carbonyl (C=O) groups is 2. The Bertz CT molecular complexity index is 938. The Labute approximate surface area is 191 Å². The van der Waals surface area contributed by atoms with Gasteiger partial charge in [0, 0.05) is 57.1 Å². The minimum atomic E-state index is -0.267. The second-order valence-electron chi connectivity index (χ2n) is 8.93. The topological polar surface area (TPSA) is 55.9 Å². The summed E-state index contributed by atoms with van der Waals surface area (Å²) in [5.74, 6) is -0.230. The SMILES string of the molecule is Cc1cccc(N2C[C@H](C(=O)NCCCN3CCN(c4ccccc4)CC3)CC2=O)c1C. The number of piperazine rings is 1. The van der Waals surface area contributed by atoms with Crippen LogP contribution in [0.25, 0.3) is 0 Å². The Kier molecular flexibility index (Phi) is 7.10. The van der Waals surface area contributed by atoms with Crippen LogP contribution in [0.15, 0.2) is 48.5 Å². The number of nitrogens with zero attached hydrogens (tertiary/aromatic N) is 3. The number of anilines is 2. The monoisotopic (exact) mass is 434 g/mol. The first-order valence-corrected chi connectivity index (χ1v) is 11.7. The molecular formula is C26H34N4O2. The maximum absolute atomic E-state index is 12.7. The lowest BCUT2D eigenvalue weighted by atomic mass is 10.1. The van der Waals surface area contributed by atoms with Crippen LogP contribution in [0.4, 0.5) is 11.4 Å². The van der Waals surface area contributed by atoms with Crippen LogP contribution in [0.2, 0.25) is 0 Å². The van der Waals surface area contributed by atoms with Crippen molar-refractivity contribution in [1.82, 2.24) is 10.2 Å². The number of benzene rings is 2. The molecule has 2 aliphatic heterocycles. The molecule has 170 valence electrons. The van der Waals surface area contributed by atoms with Crippen LogP contribution in [0.1, 0.15) is 24.0 Å². The second-order valence-corrected chi connectivity index (χ2v) is 8.93. The van der Waals surface area contributed by atoms with Gasteiger partial charge in [-0.25, -0.2) is 0 Å². The highest BCUT2D eigenvalue weighted by atomic mass is 16.2. The number of hydrogen-bond donors (Lipinski definition) is 1. The summed E-state index contributed by atoms with van der Waals surface area (Å²) in [7, 11) is 0. The molecule has 4 rings (SSSR count).